The average molecular weight is 458 g/mol. The molecule has 0 aromatic carbocycles. The smallest absolute Gasteiger partial charge is 0.303 e. The summed E-state index contributed by atoms with van der Waals surface area (Å²) in [5.74, 6) is -0.659. The number of hydrogen-bond acceptors (Lipinski definition) is 2. The number of hydrogen-bond donors (Lipinski definition) is 1. The molecule has 0 bridgehead atoms. The third kappa shape index (κ3) is 36.7. The van der Waals surface area contributed by atoms with E-state index in [2.05, 4.69) is 13.8 Å². The molecule has 194 valence electrons. The first-order chi connectivity index (χ1) is 15.3. The van der Waals surface area contributed by atoms with E-state index in [1.807, 2.05) is 0 Å². The fourth-order valence-electron chi connectivity index (χ4n) is 3.92. The van der Waals surface area contributed by atoms with Gasteiger partial charge in [0, 0.05) is 6.42 Å². The van der Waals surface area contributed by atoms with Crippen molar-refractivity contribution >= 4 is 5.97 Å². The van der Waals surface area contributed by atoms with E-state index in [1.54, 1.807) is 14.1 Å². The number of carboxylic acids is 1. The maximum atomic E-state index is 11.3. The molecular formula is C28H59NO3. The highest BCUT2D eigenvalue weighted by Crippen LogP contribution is 2.12. The molecule has 0 saturated heterocycles. The predicted molar refractivity (Wildman–Crippen MR) is 141 cm³/mol. The third-order valence-electron chi connectivity index (χ3n) is 6.04. The van der Waals surface area contributed by atoms with Gasteiger partial charge in [-0.2, -0.15) is 0 Å². The molecule has 0 atom stereocenters. The largest absolute Gasteiger partial charge is 0.633 e. The zero-order valence-corrected chi connectivity index (χ0v) is 22.5. The Morgan fingerprint density at radius 1 is 0.562 bits per heavy atom. The zero-order valence-electron chi connectivity index (χ0n) is 22.5. The molecular weight excluding hydrogens is 398 g/mol. The van der Waals surface area contributed by atoms with E-state index in [0.717, 1.165) is 25.8 Å². The van der Waals surface area contributed by atoms with Gasteiger partial charge in [-0.15, -0.1) is 0 Å². The van der Waals surface area contributed by atoms with Crippen LogP contribution in [0.2, 0.25) is 0 Å². The van der Waals surface area contributed by atoms with Crippen LogP contribution in [-0.4, -0.2) is 36.4 Å². The maximum Gasteiger partial charge on any atom is 0.303 e. The van der Waals surface area contributed by atoms with Crippen LogP contribution in [0.25, 0.3) is 0 Å². The first kappa shape index (κ1) is 33.6. The van der Waals surface area contributed by atoms with Crippen molar-refractivity contribution in [3.05, 3.63) is 5.21 Å². The van der Waals surface area contributed by atoms with Crippen LogP contribution < -0.4 is 0 Å². The van der Waals surface area contributed by atoms with Gasteiger partial charge in [0.1, 0.15) is 0 Å². The minimum atomic E-state index is -0.659. The number of quaternary nitrogens is 1. The van der Waals surface area contributed by atoms with Crippen molar-refractivity contribution in [2.45, 2.75) is 155 Å². The minimum Gasteiger partial charge on any atom is -0.633 e. The summed E-state index contributed by atoms with van der Waals surface area (Å²) in [5.41, 5.74) is 0. The predicted octanol–water partition coefficient (Wildman–Crippen LogP) is 9.25. The van der Waals surface area contributed by atoms with Gasteiger partial charge < -0.3 is 15.0 Å². The van der Waals surface area contributed by atoms with Gasteiger partial charge in [0.25, 0.3) is 0 Å². The summed E-state index contributed by atoms with van der Waals surface area (Å²) < 4.78 is -0.127. The molecule has 32 heavy (non-hydrogen) atoms. The lowest BCUT2D eigenvalue weighted by Gasteiger charge is -2.33. The Labute approximate surface area is 201 Å². The summed E-state index contributed by atoms with van der Waals surface area (Å²) in [7, 11) is 3.47. The van der Waals surface area contributed by atoms with Crippen molar-refractivity contribution in [2.24, 2.45) is 0 Å². The van der Waals surface area contributed by atoms with E-state index in [9.17, 15) is 10.0 Å². The normalized spacial score (nSPS) is 11.3. The lowest BCUT2D eigenvalue weighted by Crippen LogP contribution is -2.32. The van der Waals surface area contributed by atoms with Gasteiger partial charge in [0.15, 0.2) is 0 Å². The lowest BCUT2D eigenvalue weighted by atomic mass is 10.1. The van der Waals surface area contributed by atoms with Crippen molar-refractivity contribution in [3.63, 3.8) is 0 Å². The molecule has 0 aromatic heterocycles. The molecule has 0 amide bonds. The zero-order chi connectivity index (χ0) is 24.3. The summed E-state index contributed by atoms with van der Waals surface area (Å²) in [4.78, 5) is 10.2. The third-order valence-corrected chi connectivity index (χ3v) is 6.04. The van der Waals surface area contributed by atoms with Crippen LogP contribution in [0.15, 0.2) is 0 Å². The number of carbonyl (C=O) groups is 1. The summed E-state index contributed by atoms with van der Waals surface area (Å²) in [6.07, 6.45) is 27.8. The average Bonchev–Trinajstić information content (AvgIpc) is 2.73. The number of nitrogens with zero attached hydrogens (tertiary/aromatic N) is 1. The van der Waals surface area contributed by atoms with Gasteiger partial charge in [-0.05, 0) is 19.3 Å². The summed E-state index contributed by atoms with van der Waals surface area (Å²) in [6.45, 7) is 5.27. The first-order valence-electron chi connectivity index (χ1n) is 14.1. The van der Waals surface area contributed by atoms with Crippen LogP contribution in [0, 0.1) is 5.21 Å². The van der Waals surface area contributed by atoms with Gasteiger partial charge in [-0.25, -0.2) is 0 Å². The molecule has 4 heteroatoms. The van der Waals surface area contributed by atoms with E-state index >= 15 is 0 Å². The standard InChI is InChI=1S/C16H35NO.C12H24O2/c1-4-5-6-7-8-9-10-11-12-13-14-15-16-17(2,3)18;1-2-3-4-5-6-7-8-9-10-11-12(13)14/h4-16H2,1-3H3;2-11H2,1H3,(H,13,14). The second kappa shape index (κ2) is 26.6. The van der Waals surface area contributed by atoms with Gasteiger partial charge >= 0.3 is 5.97 Å². The topological polar surface area (TPSA) is 60.4 Å². The fourth-order valence-corrected chi connectivity index (χ4v) is 3.92. The molecule has 0 saturated carbocycles. The quantitative estimate of drug-likeness (QED) is 0.0944. The van der Waals surface area contributed by atoms with Crippen LogP contribution in [0.4, 0.5) is 0 Å². The molecule has 0 rings (SSSR count). The highest BCUT2D eigenvalue weighted by atomic mass is 16.5. The van der Waals surface area contributed by atoms with Gasteiger partial charge in [-0.3, -0.25) is 4.79 Å². The van der Waals surface area contributed by atoms with Crippen LogP contribution in [0.3, 0.4) is 0 Å². The summed E-state index contributed by atoms with van der Waals surface area (Å²) >= 11 is 0. The second-order valence-corrected chi connectivity index (χ2v) is 10.2. The Bertz CT molecular complexity index is 366. The van der Waals surface area contributed by atoms with Gasteiger partial charge in [-0.1, -0.05) is 129 Å². The van der Waals surface area contributed by atoms with Gasteiger partial charge in [0.05, 0.1) is 20.6 Å². The van der Waals surface area contributed by atoms with Crippen molar-refractivity contribution in [2.75, 3.05) is 20.6 Å². The SMILES string of the molecule is CCCCCCCCCCCC(=O)O.CCCCCCCCCCCCCC[N+](C)(C)[O-]. The molecule has 0 aromatic rings. The first-order valence-corrected chi connectivity index (χ1v) is 14.1. The molecule has 0 heterocycles. The van der Waals surface area contributed by atoms with Crippen molar-refractivity contribution in [3.8, 4) is 0 Å². The summed E-state index contributed by atoms with van der Waals surface area (Å²) in [6, 6.07) is 0. The summed E-state index contributed by atoms with van der Waals surface area (Å²) in [5, 5.41) is 19.7. The lowest BCUT2D eigenvalue weighted by molar-refractivity contribution is -0.840. The van der Waals surface area contributed by atoms with Crippen molar-refractivity contribution in [1.29, 1.82) is 0 Å². The Hall–Kier alpha value is -0.610. The Morgan fingerprint density at radius 2 is 0.844 bits per heavy atom. The highest BCUT2D eigenvalue weighted by molar-refractivity contribution is 5.66. The molecule has 1 N–H and O–H groups in total. The van der Waals surface area contributed by atoms with E-state index in [4.69, 9.17) is 5.11 Å². The number of hydroxylamine groups is 3. The Kier molecular flexibility index (Phi) is 27.9. The van der Waals surface area contributed by atoms with E-state index in [0.29, 0.717) is 6.42 Å². The number of aliphatic carboxylic acids is 1. The Morgan fingerprint density at radius 3 is 1.12 bits per heavy atom. The van der Waals surface area contributed by atoms with Crippen LogP contribution in [0.1, 0.15) is 155 Å². The molecule has 0 unspecified atom stereocenters. The van der Waals surface area contributed by atoms with Crippen molar-refractivity contribution in [1.82, 2.24) is 0 Å². The molecule has 0 aliphatic rings. The number of rotatable bonds is 23. The van der Waals surface area contributed by atoms with Crippen LogP contribution in [0.5, 0.6) is 0 Å². The molecule has 0 fully saturated rings. The highest BCUT2D eigenvalue weighted by Gasteiger charge is 2.00. The molecule has 0 spiro atoms. The number of unbranched alkanes of at least 4 members (excludes halogenated alkanes) is 19. The number of carboxylic acid groups (broad SMARTS) is 1. The van der Waals surface area contributed by atoms with Crippen molar-refractivity contribution < 1.29 is 14.5 Å². The molecule has 0 aliphatic carbocycles. The van der Waals surface area contributed by atoms with E-state index < -0.39 is 5.97 Å². The minimum absolute atomic E-state index is 0.127. The monoisotopic (exact) mass is 457 g/mol. The second-order valence-electron chi connectivity index (χ2n) is 10.2. The van der Waals surface area contributed by atoms with Crippen LogP contribution >= 0.6 is 0 Å². The van der Waals surface area contributed by atoms with E-state index in [-0.39, 0.29) is 4.65 Å². The molecule has 0 radical (unpaired) electrons. The maximum absolute atomic E-state index is 11.3. The van der Waals surface area contributed by atoms with E-state index in [1.165, 1.54) is 116 Å². The fraction of sp³-hybridized carbons (Fsp3) is 0.964. The van der Waals surface area contributed by atoms with Crippen LogP contribution in [-0.2, 0) is 4.79 Å². The van der Waals surface area contributed by atoms with Gasteiger partial charge in [0.2, 0.25) is 0 Å². The molecule has 4 nitrogen and oxygen atoms in total. The Balaban J connectivity index is 0. The molecule has 0 aliphatic heterocycles.